The van der Waals surface area contributed by atoms with Gasteiger partial charge in [-0.3, -0.25) is 4.90 Å². The molecule has 4 rings (SSSR count). The maximum absolute atomic E-state index is 12.8. The van der Waals surface area contributed by atoms with E-state index in [-0.39, 0.29) is 0 Å². The number of hydrogen-bond donors (Lipinski definition) is 2. The fraction of sp³-hybridized carbons (Fsp3) is 0.400. The molecular weight excluding hydrogens is 362 g/mol. The molecule has 0 aromatic heterocycles. The predicted octanol–water partition coefficient (Wildman–Crippen LogP) is 2.65. The zero-order chi connectivity index (χ0) is 18.9. The summed E-state index contributed by atoms with van der Waals surface area (Å²) in [6.07, 6.45) is 1.56. The maximum atomic E-state index is 12.8. The van der Waals surface area contributed by atoms with E-state index in [1.807, 2.05) is 24.3 Å². The standard InChI is InChI=1S/C20H25N3O3S/c1-26-17-8-6-16(7-9-17)14-23-12-10-20(11-13-23)15-21-18-4-2-3-5-19(18)27(24,25)22-20/h2-9,21H,10-15H2,1H3,(H-,22,24,25). The molecule has 0 saturated carbocycles. The van der Waals surface area contributed by atoms with Crippen molar-refractivity contribution in [2.75, 3.05) is 32.1 Å². The summed E-state index contributed by atoms with van der Waals surface area (Å²) in [4.78, 5) is 2.71. The van der Waals surface area contributed by atoms with E-state index >= 15 is 0 Å². The topological polar surface area (TPSA) is 76.7 Å². The van der Waals surface area contributed by atoms with Crippen LogP contribution in [-0.2, 0) is 21.2 Å². The van der Waals surface area contributed by atoms with Crippen LogP contribution in [0.3, 0.4) is 0 Å². The van der Waals surface area contributed by atoms with Crippen LogP contribution in [0.15, 0.2) is 53.4 Å². The molecule has 2 aliphatic heterocycles. The van der Waals surface area contributed by atoms with E-state index in [1.165, 1.54) is 5.56 Å². The van der Waals surface area contributed by atoms with Gasteiger partial charge in [0.2, 0.25) is 0 Å². The molecule has 1 atom stereocenters. The molecular formula is C20H25N3O3S. The number of sulfonamides is 1. The number of methoxy groups -OCH3 is 1. The molecule has 1 saturated heterocycles. The Morgan fingerprint density at radius 3 is 2.56 bits per heavy atom. The SMILES string of the molecule is COc1ccc(CN2CCC3(CC2)CNc2ccccc2[S+](=O)([O-])N3)cc1. The van der Waals surface area contributed by atoms with Crippen LogP contribution in [0.1, 0.15) is 18.4 Å². The van der Waals surface area contributed by atoms with Gasteiger partial charge in [0.25, 0.3) is 0 Å². The molecule has 2 aromatic rings. The second-order valence-electron chi connectivity index (χ2n) is 7.36. The quantitative estimate of drug-likeness (QED) is 0.792. The summed E-state index contributed by atoms with van der Waals surface area (Å²) >= 11 is 0. The van der Waals surface area contributed by atoms with E-state index in [0.717, 1.165) is 38.2 Å². The molecule has 0 radical (unpaired) electrons. The van der Waals surface area contributed by atoms with Crippen molar-refractivity contribution in [2.24, 2.45) is 0 Å². The van der Waals surface area contributed by atoms with Crippen molar-refractivity contribution >= 4 is 16.1 Å². The molecule has 1 unspecified atom stereocenters. The number of nitrogens with zero attached hydrogens (tertiary/aromatic N) is 1. The summed E-state index contributed by atoms with van der Waals surface area (Å²) in [5.74, 6) is 0.856. The number of hydrogen-bond acceptors (Lipinski definition) is 5. The molecule has 2 aromatic carbocycles. The molecule has 1 fully saturated rings. The number of piperidine rings is 1. The van der Waals surface area contributed by atoms with Crippen molar-refractivity contribution in [3.05, 3.63) is 54.1 Å². The highest BCUT2D eigenvalue weighted by Gasteiger charge is 2.44. The summed E-state index contributed by atoms with van der Waals surface area (Å²) in [5, 5.41) is 3.34. The first kappa shape index (κ1) is 18.4. The smallest absolute Gasteiger partial charge is 0.198 e. The lowest BCUT2D eigenvalue weighted by Crippen LogP contribution is -2.58. The Labute approximate surface area is 161 Å². The van der Waals surface area contributed by atoms with Gasteiger partial charge in [0.05, 0.1) is 18.3 Å². The predicted molar refractivity (Wildman–Crippen MR) is 105 cm³/mol. The number of fused-ring (bicyclic) bond motifs is 1. The Bertz CT molecular complexity index is 848. The number of ether oxygens (including phenoxy) is 1. The van der Waals surface area contributed by atoms with E-state index < -0.39 is 15.9 Å². The molecule has 1 spiro atoms. The monoisotopic (exact) mass is 387 g/mol. The first-order chi connectivity index (χ1) is 13.0. The summed E-state index contributed by atoms with van der Waals surface area (Å²) < 4.78 is 33.8. The van der Waals surface area contributed by atoms with Gasteiger partial charge in [0, 0.05) is 26.2 Å². The Hall–Kier alpha value is -1.93. The average Bonchev–Trinajstić information content (AvgIpc) is 2.79. The van der Waals surface area contributed by atoms with Crippen LogP contribution in [0.25, 0.3) is 0 Å². The molecule has 0 bridgehead atoms. The Morgan fingerprint density at radius 1 is 1.15 bits per heavy atom. The van der Waals surface area contributed by atoms with Gasteiger partial charge < -0.3 is 14.6 Å². The first-order valence-electron chi connectivity index (χ1n) is 9.22. The van der Waals surface area contributed by atoms with Gasteiger partial charge in [-0.05, 0) is 42.7 Å². The zero-order valence-corrected chi connectivity index (χ0v) is 16.3. The minimum Gasteiger partial charge on any atom is -0.593 e. The highest BCUT2D eigenvalue weighted by atomic mass is 32.3. The number of nitrogens with one attached hydrogen (secondary N) is 2. The van der Waals surface area contributed by atoms with Crippen molar-refractivity contribution in [1.82, 2.24) is 9.62 Å². The third-order valence-electron chi connectivity index (χ3n) is 5.52. The summed E-state index contributed by atoms with van der Waals surface area (Å²) in [7, 11) is -1.85. The first-order valence-corrected chi connectivity index (χ1v) is 10.7. The van der Waals surface area contributed by atoms with Gasteiger partial charge in [-0.1, -0.05) is 28.5 Å². The Morgan fingerprint density at radius 2 is 1.85 bits per heavy atom. The van der Waals surface area contributed by atoms with Crippen molar-refractivity contribution in [3.63, 3.8) is 0 Å². The van der Waals surface area contributed by atoms with E-state index in [2.05, 4.69) is 27.1 Å². The zero-order valence-electron chi connectivity index (χ0n) is 15.4. The summed E-state index contributed by atoms with van der Waals surface area (Å²) in [5.41, 5.74) is 1.48. The van der Waals surface area contributed by atoms with Gasteiger partial charge in [0.15, 0.2) is 15.3 Å². The van der Waals surface area contributed by atoms with Crippen LogP contribution in [0.2, 0.25) is 0 Å². The third-order valence-corrected chi connectivity index (χ3v) is 7.16. The van der Waals surface area contributed by atoms with Crippen LogP contribution in [0, 0.1) is 0 Å². The maximum Gasteiger partial charge on any atom is 0.198 e. The second-order valence-corrected chi connectivity index (χ2v) is 9.01. The number of likely N-dealkylation sites (tertiary alicyclic amines) is 1. The Kier molecular flexibility index (Phi) is 4.94. The van der Waals surface area contributed by atoms with E-state index in [0.29, 0.717) is 17.1 Å². The van der Waals surface area contributed by atoms with Crippen molar-refractivity contribution < 1.29 is 13.5 Å². The van der Waals surface area contributed by atoms with Gasteiger partial charge >= 0.3 is 0 Å². The lowest BCUT2D eigenvalue weighted by atomic mass is 9.88. The highest BCUT2D eigenvalue weighted by Crippen LogP contribution is 2.34. The van der Waals surface area contributed by atoms with Crippen LogP contribution in [0.5, 0.6) is 5.75 Å². The van der Waals surface area contributed by atoms with Gasteiger partial charge in [-0.25, -0.2) is 0 Å². The number of para-hydroxylation sites is 1. The summed E-state index contributed by atoms with van der Waals surface area (Å²) in [6.45, 7) is 3.18. The van der Waals surface area contributed by atoms with Crippen molar-refractivity contribution in [2.45, 2.75) is 29.8 Å². The van der Waals surface area contributed by atoms with Crippen LogP contribution >= 0.6 is 0 Å². The highest BCUT2D eigenvalue weighted by molar-refractivity contribution is 7.96. The molecule has 0 amide bonds. The minimum atomic E-state index is -3.52. The molecule has 7 heteroatoms. The number of anilines is 1. The lowest BCUT2D eigenvalue weighted by Gasteiger charge is -2.41. The van der Waals surface area contributed by atoms with E-state index in [4.69, 9.17) is 4.74 Å². The van der Waals surface area contributed by atoms with Crippen molar-refractivity contribution in [1.29, 1.82) is 0 Å². The molecule has 6 nitrogen and oxygen atoms in total. The average molecular weight is 388 g/mol. The minimum absolute atomic E-state index is 0.336. The van der Waals surface area contributed by atoms with Gasteiger partial charge in [0.1, 0.15) is 5.75 Å². The third kappa shape index (κ3) is 3.87. The molecule has 0 aliphatic carbocycles. The molecule has 144 valence electrons. The van der Waals surface area contributed by atoms with E-state index in [1.54, 1.807) is 19.2 Å². The molecule has 2 aliphatic rings. The van der Waals surface area contributed by atoms with Gasteiger partial charge in [-0.15, -0.1) is 4.72 Å². The fourth-order valence-electron chi connectivity index (χ4n) is 3.89. The summed E-state index contributed by atoms with van der Waals surface area (Å²) in [6, 6.07) is 15.2. The Balaban J connectivity index is 1.43. The van der Waals surface area contributed by atoms with Crippen molar-refractivity contribution in [3.8, 4) is 5.75 Å². The molecule has 2 heterocycles. The second kappa shape index (κ2) is 7.24. The lowest BCUT2D eigenvalue weighted by molar-refractivity contribution is 0.150. The van der Waals surface area contributed by atoms with Crippen LogP contribution in [-0.4, -0.2) is 41.7 Å². The van der Waals surface area contributed by atoms with E-state index in [9.17, 15) is 8.76 Å². The van der Waals surface area contributed by atoms with Crippen LogP contribution in [0.4, 0.5) is 5.69 Å². The van der Waals surface area contributed by atoms with Crippen LogP contribution < -0.4 is 14.8 Å². The molecule has 27 heavy (non-hydrogen) atoms. The fourth-order valence-corrected chi connectivity index (χ4v) is 5.54. The largest absolute Gasteiger partial charge is 0.593 e. The molecule has 2 N–H and O–H groups in total. The number of rotatable bonds is 3. The normalized spacial score (nSPS) is 24.7. The number of benzene rings is 2. The van der Waals surface area contributed by atoms with Gasteiger partial charge in [-0.2, -0.15) is 0 Å².